The maximum absolute atomic E-state index is 12.1. The molecule has 0 amide bonds. The summed E-state index contributed by atoms with van der Waals surface area (Å²) >= 11 is 3.32. The lowest BCUT2D eigenvalue weighted by atomic mass is 10.1. The zero-order valence-electron chi connectivity index (χ0n) is 9.72. The van der Waals surface area contributed by atoms with Gasteiger partial charge in [0, 0.05) is 5.33 Å². The Morgan fingerprint density at radius 1 is 1.26 bits per heavy atom. The van der Waals surface area contributed by atoms with Crippen molar-refractivity contribution < 1.29 is 13.9 Å². The minimum atomic E-state index is -0.463. The zero-order valence-corrected chi connectivity index (χ0v) is 11.3. The Kier molecular flexibility index (Phi) is 2.91. The highest BCUT2D eigenvalue weighted by Crippen LogP contribution is 2.30. The molecule has 19 heavy (non-hydrogen) atoms. The van der Waals surface area contributed by atoms with Crippen LogP contribution < -0.4 is 5.43 Å². The first-order valence-electron chi connectivity index (χ1n) is 5.59. The van der Waals surface area contributed by atoms with Crippen LogP contribution in [-0.4, -0.2) is 5.11 Å². The molecular weight excluding hydrogens is 312 g/mol. The van der Waals surface area contributed by atoms with Crippen molar-refractivity contribution in [1.29, 1.82) is 0 Å². The van der Waals surface area contributed by atoms with Crippen LogP contribution in [0.15, 0.2) is 50.2 Å². The van der Waals surface area contributed by atoms with Gasteiger partial charge < -0.3 is 13.9 Å². The fraction of sp³-hybridized carbons (Fsp3) is 0.0714. The van der Waals surface area contributed by atoms with Crippen molar-refractivity contribution in [3.8, 4) is 17.3 Å². The monoisotopic (exact) mass is 320 g/mol. The van der Waals surface area contributed by atoms with Gasteiger partial charge in [-0.15, -0.1) is 0 Å². The Hall–Kier alpha value is -2.01. The van der Waals surface area contributed by atoms with Crippen LogP contribution in [0.25, 0.3) is 22.5 Å². The van der Waals surface area contributed by atoms with Crippen LogP contribution in [0.4, 0.5) is 0 Å². The Morgan fingerprint density at radius 2 is 2.11 bits per heavy atom. The second kappa shape index (κ2) is 4.59. The third kappa shape index (κ3) is 1.96. The van der Waals surface area contributed by atoms with E-state index in [9.17, 15) is 9.90 Å². The molecule has 0 atom stereocenters. The summed E-state index contributed by atoms with van der Waals surface area (Å²) in [6.07, 6.45) is 1.45. The van der Waals surface area contributed by atoms with Gasteiger partial charge in [0.25, 0.3) is 0 Å². The first kappa shape index (κ1) is 12.0. The number of furan rings is 1. The molecular formula is C14H9BrO4. The quantitative estimate of drug-likeness (QED) is 0.732. The van der Waals surface area contributed by atoms with Gasteiger partial charge in [-0.05, 0) is 29.8 Å². The molecule has 1 aromatic carbocycles. The lowest BCUT2D eigenvalue weighted by Crippen LogP contribution is -2.02. The molecule has 0 saturated heterocycles. The summed E-state index contributed by atoms with van der Waals surface area (Å²) in [6.45, 7) is 0. The molecule has 0 saturated carbocycles. The molecule has 5 heteroatoms. The van der Waals surface area contributed by atoms with Gasteiger partial charge in [0.2, 0.25) is 16.9 Å². The van der Waals surface area contributed by atoms with Crippen molar-refractivity contribution in [2.45, 2.75) is 5.33 Å². The lowest BCUT2D eigenvalue weighted by Gasteiger charge is -2.04. The van der Waals surface area contributed by atoms with E-state index in [2.05, 4.69) is 15.9 Å². The molecule has 1 N–H and O–H groups in total. The molecule has 4 nitrogen and oxygen atoms in total. The number of benzene rings is 1. The number of aromatic hydroxyl groups is 1. The average molecular weight is 321 g/mol. The average Bonchev–Trinajstić information content (AvgIpc) is 2.96. The second-order valence-electron chi connectivity index (χ2n) is 4.05. The normalized spacial score (nSPS) is 11.0. The number of halogens is 1. The molecule has 0 aliphatic rings. The van der Waals surface area contributed by atoms with Crippen LogP contribution in [0.3, 0.4) is 0 Å². The van der Waals surface area contributed by atoms with E-state index in [1.807, 2.05) is 6.07 Å². The fourth-order valence-electron chi connectivity index (χ4n) is 1.89. The molecule has 3 aromatic rings. The predicted octanol–water partition coefficient (Wildman–Crippen LogP) is 3.65. The molecule has 0 fully saturated rings. The number of hydrogen-bond donors (Lipinski definition) is 1. The summed E-state index contributed by atoms with van der Waals surface area (Å²) in [6, 6.07) is 8.54. The Morgan fingerprint density at radius 3 is 2.79 bits per heavy atom. The van der Waals surface area contributed by atoms with Gasteiger partial charge in [0.05, 0.1) is 11.6 Å². The zero-order chi connectivity index (χ0) is 13.4. The van der Waals surface area contributed by atoms with Crippen molar-refractivity contribution in [2.24, 2.45) is 0 Å². The van der Waals surface area contributed by atoms with Gasteiger partial charge in [-0.25, -0.2) is 0 Å². The smallest absolute Gasteiger partial charge is 0.235 e. The molecule has 0 unspecified atom stereocenters. The Labute approximate surface area is 116 Å². The number of rotatable bonds is 2. The predicted molar refractivity (Wildman–Crippen MR) is 74.5 cm³/mol. The summed E-state index contributed by atoms with van der Waals surface area (Å²) in [5.41, 5.74) is 0.888. The second-order valence-corrected chi connectivity index (χ2v) is 4.61. The first-order valence-corrected chi connectivity index (χ1v) is 6.71. The largest absolute Gasteiger partial charge is 0.501 e. The molecule has 0 bridgehead atoms. The topological polar surface area (TPSA) is 63.6 Å². The number of alkyl halides is 1. The third-order valence-electron chi connectivity index (χ3n) is 2.83. The molecule has 2 heterocycles. The Bertz CT molecular complexity index is 787. The molecule has 0 aliphatic heterocycles. The molecule has 2 aromatic heterocycles. The summed E-state index contributed by atoms with van der Waals surface area (Å²) in [7, 11) is 0. The SMILES string of the molecule is O=c1c(O)c(-c2ccco2)oc2ccc(CBr)cc12. The van der Waals surface area contributed by atoms with E-state index in [1.165, 1.54) is 6.26 Å². The van der Waals surface area contributed by atoms with Crippen molar-refractivity contribution >= 4 is 26.9 Å². The van der Waals surface area contributed by atoms with Crippen LogP contribution in [0.1, 0.15) is 5.56 Å². The van der Waals surface area contributed by atoms with E-state index in [-0.39, 0.29) is 5.76 Å². The van der Waals surface area contributed by atoms with Crippen molar-refractivity contribution in [1.82, 2.24) is 0 Å². The van der Waals surface area contributed by atoms with Crippen molar-refractivity contribution in [3.05, 3.63) is 52.4 Å². The highest BCUT2D eigenvalue weighted by molar-refractivity contribution is 9.08. The molecule has 0 aliphatic carbocycles. The van der Waals surface area contributed by atoms with Crippen LogP contribution in [0.2, 0.25) is 0 Å². The number of fused-ring (bicyclic) bond motifs is 1. The number of hydrogen-bond acceptors (Lipinski definition) is 4. The van der Waals surface area contributed by atoms with Gasteiger partial charge in [-0.1, -0.05) is 22.0 Å². The summed E-state index contributed by atoms with van der Waals surface area (Å²) in [4.78, 5) is 12.1. The highest BCUT2D eigenvalue weighted by Gasteiger charge is 2.17. The summed E-state index contributed by atoms with van der Waals surface area (Å²) < 4.78 is 10.7. The maximum Gasteiger partial charge on any atom is 0.235 e. The van der Waals surface area contributed by atoms with Crippen LogP contribution in [-0.2, 0) is 5.33 Å². The standard InChI is InChI=1S/C14H9BrO4/c15-7-8-3-4-10-9(6-8)12(16)13(17)14(19-10)11-2-1-5-18-11/h1-6,17H,7H2. The fourth-order valence-corrected chi connectivity index (χ4v) is 2.24. The van der Waals surface area contributed by atoms with Crippen molar-refractivity contribution in [2.75, 3.05) is 0 Å². The van der Waals surface area contributed by atoms with Gasteiger partial charge in [-0.2, -0.15) is 0 Å². The van der Waals surface area contributed by atoms with E-state index in [1.54, 1.807) is 24.3 Å². The molecule has 0 spiro atoms. The minimum Gasteiger partial charge on any atom is -0.501 e. The summed E-state index contributed by atoms with van der Waals surface area (Å²) in [5.74, 6) is -0.0654. The van der Waals surface area contributed by atoms with E-state index in [4.69, 9.17) is 8.83 Å². The first-order chi connectivity index (χ1) is 9.20. The van der Waals surface area contributed by atoms with E-state index in [0.717, 1.165) is 5.56 Å². The Balaban J connectivity index is 2.34. The molecule has 3 rings (SSSR count). The van der Waals surface area contributed by atoms with E-state index in [0.29, 0.717) is 22.1 Å². The van der Waals surface area contributed by atoms with Crippen LogP contribution in [0, 0.1) is 0 Å². The summed E-state index contributed by atoms with van der Waals surface area (Å²) in [5, 5.41) is 10.9. The van der Waals surface area contributed by atoms with Crippen LogP contribution in [0.5, 0.6) is 5.75 Å². The lowest BCUT2D eigenvalue weighted by molar-refractivity contribution is 0.439. The van der Waals surface area contributed by atoms with Gasteiger partial charge >= 0.3 is 0 Å². The highest BCUT2D eigenvalue weighted by atomic mass is 79.9. The van der Waals surface area contributed by atoms with Crippen molar-refractivity contribution in [3.63, 3.8) is 0 Å². The van der Waals surface area contributed by atoms with E-state index < -0.39 is 11.2 Å². The minimum absolute atomic E-state index is 0.0501. The molecule has 96 valence electrons. The van der Waals surface area contributed by atoms with Crippen LogP contribution >= 0.6 is 15.9 Å². The van der Waals surface area contributed by atoms with E-state index >= 15 is 0 Å². The maximum atomic E-state index is 12.1. The van der Waals surface area contributed by atoms with Gasteiger partial charge in [0.15, 0.2) is 5.76 Å². The molecule has 0 radical (unpaired) electrons. The van der Waals surface area contributed by atoms with Gasteiger partial charge in [-0.3, -0.25) is 4.79 Å². The van der Waals surface area contributed by atoms with Gasteiger partial charge in [0.1, 0.15) is 5.58 Å². The third-order valence-corrected chi connectivity index (χ3v) is 3.48.